The number of fused-ring (bicyclic) bond motifs is 7. The highest BCUT2D eigenvalue weighted by Gasteiger charge is 2.71. The summed E-state index contributed by atoms with van der Waals surface area (Å²) < 4.78 is 11.4. The zero-order valence-corrected chi connectivity index (χ0v) is 25.9. The van der Waals surface area contributed by atoms with Crippen LogP contribution < -0.4 is 0 Å². The number of esters is 2. The highest BCUT2D eigenvalue weighted by molar-refractivity contribution is 5.66. The zero-order valence-electron chi connectivity index (χ0n) is 25.9. The lowest BCUT2D eigenvalue weighted by Gasteiger charge is -2.73. The van der Waals surface area contributed by atoms with E-state index >= 15 is 0 Å². The first-order valence-electron chi connectivity index (χ1n) is 15.9. The number of hydrogen-bond donors (Lipinski definition) is 2. The standard InChI is InChI=1S/C34H54O6/c1-21(18-35)24-10-15-34(20-40-23(3)37)17-16-32(6)25(29(24)34)8-9-27-30(4)13-12-28(38)31(5,19-39-22(2)36)26(30)11-14-33(27,32)7/h24-29,35,38H,1,8-20H2,2-7H3/t24-,25+,26+,27+,28?,29+,30-,31-,32+,33+,34+/m0/s1. The zero-order chi connectivity index (χ0) is 29.3. The third kappa shape index (κ3) is 4.16. The Kier molecular flexibility index (Phi) is 7.60. The second kappa shape index (κ2) is 10.1. The molecule has 5 fully saturated rings. The Balaban J connectivity index is 1.50. The number of ether oxygens (including phenoxy) is 2. The van der Waals surface area contributed by atoms with E-state index in [1.54, 1.807) is 0 Å². The van der Waals surface area contributed by atoms with Crippen molar-refractivity contribution in [3.63, 3.8) is 0 Å². The molecule has 2 N–H and O–H groups in total. The van der Waals surface area contributed by atoms with Crippen LogP contribution in [0.4, 0.5) is 0 Å². The van der Waals surface area contributed by atoms with Gasteiger partial charge < -0.3 is 19.7 Å². The van der Waals surface area contributed by atoms with Crippen molar-refractivity contribution in [3.8, 4) is 0 Å². The van der Waals surface area contributed by atoms with Gasteiger partial charge in [0.05, 0.1) is 25.9 Å². The molecule has 0 aromatic rings. The normalized spacial score (nSPS) is 49.6. The Morgan fingerprint density at radius 1 is 0.800 bits per heavy atom. The molecule has 6 nitrogen and oxygen atoms in total. The average molecular weight is 559 g/mol. The Labute approximate surface area is 241 Å². The van der Waals surface area contributed by atoms with Gasteiger partial charge in [-0.05, 0) is 116 Å². The SMILES string of the molecule is C=C(CO)[C@@H]1CC[C@]2(COC(C)=O)CC[C@]3(C)[C@H](CC[C@@H]4[C@@]5(C)CCC(O)[C@@](C)(COC(C)=O)[C@@H]5CC[C@]43C)[C@@H]12. The summed E-state index contributed by atoms with van der Waals surface area (Å²) in [5.41, 5.74) is 0.844. The molecule has 5 aliphatic carbocycles. The predicted octanol–water partition coefficient (Wildman–Crippen LogP) is 6.08. The molecule has 0 spiro atoms. The van der Waals surface area contributed by atoms with Crippen LogP contribution in [-0.4, -0.2) is 48.1 Å². The van der Waals surface area contributed by atoms with Crippen molar-refractivity contribution >= 4 is 11.9 Å². The molecule has 0 aromatic heterocycles. The first-order chi connectivity index (χ1) is 18.7. The summed E-state index contributed by atoms with van der Waals surface area (Å²) >= 11 is 0. The molecule has 40 heavy (non-hydrogen) atoms. The second-order valence-electron chi connectivity index (χ2n) is 15.6. The minimum atomic E-state index is -0.457. The molecule has 0 bridgehead atoms. The van der Waals surface area contributed by atoms with E-state index < -0.39 is 11.5 Å². The van der Waals surface area contributed by atoms with Crippen molar-refractivity contribution in [3.05, 3.63) is 12.2 Å². The van der Waals surface area contributed by atoms with Gasteiger partial charge in [0, 0.05) is 24.7 Å². The van der Waals surface area contributed by atoms with E-state index in [1.807, 2.05) is 0 Å². The minimum Gasteiger partial charge on any atom is -0.465 e. The number of hydrogen-bond acceptors (Lipinski definition) is 6. The fourth-order valence-corrected chi connectivity index (χ4v) is 12.1. The maximum Gasteiger partial charge on any atom is 0.302 e. The van der Waals surface area contributed by atoms with E-state index in [9.17, 15) is 19.8 Å². The predicted molar refractivity (Wildman–Crippen MR) is 154 cm³/mol. The van der Waals surface area contributed by atoms with Crippen molar-refractivity contribution in [2.24, 2.45) is 56.7 Å². The van der Waals surface area contributed by atoms with Gasteiger partial charge in [-0.1, -0.05) is 34.3 Å². The molecule has 0 heterocycles. The van der Waals surface area contributed by atoms with E-state index in [4.69, 9.17) is 9.47 Å². The molecule has 0 aromatic carbocycles. The van der Waals surface area contributed by atoms with E-state index in [0.717, 1.165) is 69.8 Å². The summed E-state index contributed by atoms with van der Waals surface area (Å²) in [5, 5.41) is 21.4. The summed E-state index contributed by atoms with van der Waals surface area (Å²) in [6, 6.07) is 0. The smallest absolute Gasteiger partial charge is 0.302 e. The number of aliphatic hydroxyl groups excluding tert-OH is 2. The second-order valence-corrected chi connectivity index (χ2v) is 15.6. The monoisotopic (exact) mass is 558 g/mol. The van der Waals surface area contributed by atoms with Gasteiger partial charge in [-0.2, -0.15) is 0 Å². The van der Waals surface area contributed by atoms with Crippen LogP contribution in [0.1, 0.15) is 106 Å². The van der Waals surface area contributed by atoms with Crippen molar-refractivity contribution in [2.75, 3.05) is 19.8 Å². The van der Waals surface area contributed by atoms with Crippen LogP contribution in [0.3, 0.4) is 0 Å². The first-order valence-corrected chi connectivity index (χ1v) is 15.9. The molecule has 11 atom stereocenters. The highest BCUT2D eigenvalue weighted by Crippen LogP contribution is 2.77. The van der Waals surface area contributed by atoms with Crippen molar-refractivity contribution in [2.45, 2.75) is 112 Å². The van der Waals surface area contributed by atoms with Crippen LogP contribution in [-0.2, 0) is 19.1 Å². The molecule has 6 heteroatoms. The van der Waals surface area contributed by atoms with Gasteiger partial charge in [-0.3, -0.25) is 9.59 Å². The maximum absolute atomic E-state index is 11.9. The van der Waals surface area contributed by atoms with Gasteiger partial charge in [0.2, 0.25) is 0 Å². The first kappa shape index (κ1) is 30.1. The summed E-state index contributed by atoms with van der Waals surface area (Å²) in [4.78, 5) is 23.7. The van der Waals surface area contributed by atoms with Gasteiger partial charge in [-0.25, -0.2) is 0 Å². The molecule has 226 valence electrons. The molecule has 0 radical (unpaired) electrons. The lowest BCUT2D eigenvalue weighted by atomic mass is 9.32. The van der Waals surface area contributed by atoms with Crippen LogP contribution in [0.2, 0.25) is 0 Å². The van der Waals surface area contributed by atoms with Crippen LogP contribution in [0.5, 0.6) is 0 Å². The largest absolute Gasteiger partial charge is 0.465 e. The number of carbonyl (C=O) groups is 2. The number of aliphatic hydroxyl groups is 2. The molecular weight excluding hydrogens is 504 g/mol. The van der Waals surface area contributed by atoms with E-state index in [2.05, 4.69) is 34.3 Å². The minimum absolute atomic E-state index is 0.0249. The third-order valence-corrected chi connectivity index (χ3v) is 14.3. The van der Waals surface area contributed by atoms with Crippen molar-refractivity contribution in [1.29, 1.82) is 0 Å². The Bertz CT molecular complexity index is 1040. The summed E-state index contributed by atoms with van der Waals surface area (Å²) in [6.07, 6.45) is 10.0. The van der Waals surface area contributed by atoms with Crippen molar-refractivity contribution < 1.29 is 29.3 Å². The summed E-state index contributed by atoms with van der Waals surface area (Å²) in [6.45, 7) is 17.9. The van der Waals surface area contributed by atoms with Gasteiger partial charge >= 0.3 is 11.9 Å². The van der Waals surface area contributed by atoms with E-state index in [0.29, 0.717) is 36.9 Å². The van der Waals surface area contributed by atoms with Crippen molar-refractivity contribution in [1.82, 2.24) is 0 Å². The molecule has 1 unspecified atom stereocenters. The van der Waals surface area contributed by atoms with Crippen LogP contribution in [0, 0.1) is 56.7 Å². The van der Waals surface area contributed by atoms with Crippen LogP contribution in [0.15, 0.2) is 12.2 Å². The molecule has 0 saturated heterocycles. The highest BCUT2D eigenvalue weighted by atomic mass is 16.5. The average Bonchev–Trinajstić information content (AvgIpc) is 3.29. The summed E-state index contributed by atoms with van der Waals surface area (Å²) in [5.74, 6) is 1.50. The van der Waals surface area contributed by atoms with E-state index in [1.165, 1.54) is 13.8 Å². The van der Waals surface area contributed by atoms with Gasteiger partial charge in [0.1, 0.15) is 0 Å². The fraction of sp³-hybridized carbons (Fsp3) is 0.882. The fourth-order valence-electron chi connectivity index (χ4n) is 12.1. The number of rotatable bonds is 6. The molecule has 0 amide bonds. The summed E-state index contributed by atoms with van der Waals surface area (Å²) in [7, 11) is 0. The van der Waals surface area contributed by atoms with Gasteiger partial charge in [-0.15, -0.1) is 0 Å². The lowest BCUT2D eigenvalue weighted by molar-refractivity contribution is -0.256. The molecule has 5 saturated carbocycles. The van der Waals surface area contributed by atoms with Gasteiger partial charge in [0.15, 0.2) is 0 Å². The molecule has 5 aliphatic rings. The Morgan fingerprint density at radius 2 is 1.48 bits per heavy atom. The van der Waals surface area contributed by atoms with E-state index in [-0.39, 0.29) is 46.1 Å². The molecule has 5 rings (SSSR count). The van der Waals surface area contributed by atoms with Gasteiger partial charge in [0.25, 0.3) is 0 Å². The third-order valence-electron chi connectivity index (χ3n) is 14.3. The van der Waals surface area contributed by atoms with Crippen LogP contribution in [0.25, 0.3) is 0 Å². The molecule has 0 aliphatic heterocycles. The Hall–Kier alpha value is -1.40. The lowest BCUT2D eigenvalue weighted by Crippen LogP contribution is -2.67. The maximum atomic E-state index is 11.9. The Morgan fingerprint density at radius 3 is 2.12 bits per heavy atom. The molecular formula is C34H54O6. The number of carbonyl (C=O) groups excluding carboxylic acids is 2. The topological polar surface area (TPSA) is 93.1 Å². The van der Waals surface area contributed by atoms with Crippen LogP contribution >= 0.6 is 0 Å². The quantitative estimate of drug-likeness (QED) is 0.303.